The zero-order chi connectivity index (χ0) is 15.4. The first-order chi connectivity index (χ1) is 10.7. The predicted octanol–water partition coefficient (Wildman–Crippen LogP) is 2.97. The lowest BCUT2D eigenvalue weighted by Gasteiger charge is -2.34. The van der Waals surface area contributed by atoms with E-state index in [-0.39, 0.29) is 10.6 Å². The molecule has 0 atom stereocenters. The lowest BCUT2D eigenvalue weighted by molar-refractivity contribution is -0.384. The van der Waals surface area contributed by atoms with Crippen LogP contribution in [0.25, 0.3) is 0 Å². The molecule has 2 aromatic rings. The summed E-state index contributed by atoms with van der Waals surface area (Å²) >= 11 is 1.81. The van der Waals surface area contributed by atoms with Gasteiger partial charge in [-0.3, -0.25) is 19.9 Å². The standard InChI is InChI=1S/C16H19N3O2S/c20-19(21)15-5-3-14(4-6-15)12-17-7-9-18(10-8-17)13-16-2-1-11-22-16/h1-6,11H,7-10,12-13H2. The van der Waals surface area contributed by atoms with Crippen LogP contribution in [0.4, 0.5) is 5.69 Å². The summed E-state index contributed by atoms with van der Waals surface area (Å²) in [5, 5.41) is 12.8. The van der Waals surface area contributed by atoms with Crippen LogP contribution in [0.15, 0.2) is 41.8 Å². The molecule has 22 heavy (non-hydrogen) atoms. The van der Waals surface area contributed by atoms with Crippen molar-refractivity contribution in [1.29, 1.82) is 0 Å². The molecular weight excluding hydrogens is 298 g/mol. The van der Waals surface area contributed by atoms with E-state index in [4.69, 9.17) is 0 Å². The Morgan fingerprint density at radius 1 is 1.00 bits per heavy atom. The fourth-order valence-electron chi connectivity index (χ4n) is 2.71. The largest absolute Gasteiger partial charge is 0.297 e. The van der Waals surface area contributed by atoms with Crippen LogP contribution in [-0.2, 0) is 13.1 Å². The molecule has 0 radical (unpaired) electrons. The van der Waals surface area contributed by atoms with Crippen molar-refractivity contribution in [1.82, 2.24) is 9.80 Å². The van der Waals surface area contributed by atoms with Gasteiger partial charge in [0.2, 0.25) is 0 Å². The third kappa shape index (κ3) is 3.91. The van der Waals surface area contributed by atoms with Crippen LogP contribution in [0.5, 0.6) is 0 Å². The molecule has 0 amide bonds. The Kier molecular flexibility index (Phi) is 4.82. The normalized spacial score (nSPS) is 16.7. The number of piperazine rings is 1. The second-order valence-electron chi connectivity index (χ2n) is 5.56. The van der Waals surface area contributed by atoms with E-state index in [0.29, 0.717) is 0 Å². The van der Waals surface area contributed by atoms with Gasteiger partial charge in [0.15, 0.2) is 0 Å². The lowest BCUT2D eigenvalue weighted by atomic mass is 10.2. The van der Waals surface area contributed by atoms with E-state index in [9.17, 15) is 10.1 Å². The molecule has 1 aromatic heterocycles. The molecule has 0 unspecified atom stereocenters. The minimum Gasteiger partial charge on any atom is -0.297 e. The minimum atomic E-state index is -0.354. The fraction of sp³-hybridized carbons (Fsp3) is 0.375. The Labute approximate surface area is 133 Å². The maximum Gasteiger partial charge on any atom is 0.269 e. The first-order valence-electron chi connectivity index (χ1n) is 7.41. The first-order valence-corrected chi connectivity index (χ1v) is 8.29. The summed E-state index contributed by atoms with van der Waals surface area (Å²) < 4.78 is 0. The van der Waals surface area contributed by atoms with Gasteiger partial charge >= 0.3 is 0 Å². The summed E-state index contributed by atoms with van der Waals surface area (Å²) in [6.07, 6.45) is 0. The maximum atomic E-state index is 10.7. The topological polar surface area (TPSA) is 49.6 Å². The van der Waals surface area contributed by atoms with Gasteiger partial charge in [-0.15, -0.1) is 11.3 Å². The number of nitro benzene ring substituents is 1. The molecule has 1 aliphatic heterocycles. The smallest absolute Gasteiger partial charge is 0.269 e. The number of nitro groups is 1. The van der Waals surface area contributed by atoms with E-state index in [1.54, 1.807) is 12.1 Å². The highest BCUT2D eigenvalue weighted by atomic mass is 32.1. The predicted molar refractivity (Wildman–Crippen MR) is 88.0 cm³/mol. The fourth-order valence-corrected chi connectivity index (χ4v) is 3.46. The SMILES string of the molecule is O=[N+]([O-])c1ccc(CN2CCN(Cc3cccs3)CC2)cc1. The van der Waals surface area contributed by atoms with E-state index < -0.39 is 0 Å². The van der Waals surface area contributed by atoms with Crippen LogP contribution in [-0.4, -0.2) is 40.9 Å². The molecular formula is C16H19N3O2S. The molecule has 0 saturated carbocycles. The van der Waals surface area contributed by atoms with Crippen LogP contribution in [0.1, 0.15) is 10.4 Å². The third-order valence-corrected chi connectivity index (χ3v) is 4.84. The van der Waals surface area contributed by atoms with Crippen molar-refractivity contribution in [2.24, 2.45) is 0 Å². The number of benzene rings is 1. The van der Waals surface area contributed by atoms with Crippen molar-refractivity contribution in [3.63, 3.8) is 0 Å². The number of thiophene rings is 1. The average Bonchev–Trinajstić information content (AvgIpc) is 3.03. The van der Waals surface area contributed by atoms with Crippen molar-refractivity contribution < 1.29 is 4.92 Å². The molecule has 0 bridgehead atoms. The van der Waals surface area contributed by atoms with Gasteiger partial charge < -0.3 is 0 Å². The van der Waals surface area contributed by atoms with Crippen molar-refractivity contribution in [3.05, 3.63) is 62.3 Å². The van der Waals surface area contributed by atoms with Gasteiger partial charge in [-0.2, -0.15) is 0 Å². The van der Waals surface area contributed by atoms with Crippen LogP contribution < -0.4 is 0 Å². The zero-order valence-electron chi connectivity index (χ0n) is 12.4. The van der Waals surface area contributed by atoms with Crippen molar-refractivity contribution >= 4 is 17.0 Å². The summed E-state index contributed by atoms with van der Waals surface area (Å²) in [7, 11) is 0. The minimum absolute atomic E-state index is 0.157. The molecule has 1 aliphatic rings. The van der Waals surface area contributed by atoms with Gasteiger partial charge in [0, 0.05) is 56.3 Å². The zero-order valence-corrected chi connectivity index (χ0v) is 13.2. The molecule has 1 saturated heterocycles. The van der Waals surface area contributed by atoms with E-state index in [0.717, 1.165) is 44.8 Å². The molecule has 6 heteroatoms. The maximum absolute atomic E-state index is 10.7. The summed E-state index contributed by atoms with van der Waals surface area (Å²) in [5.74, 6) is 0. The van der Waals surface area contributed by atoms with E-state index in [1.807, 2.05) is 23.5 Å². The van der Waals surface area contributed by atoms with Crippen molar-refractivity contribution in [2.75, 3.05) is 26.2 Å². The second kappa shape index (κ2) is 7.00. The highest BCUT2D eigenvalue weighted by Crippen LogP contribution is 2.16. The lowest BCUT2D eigenvalue weighted by Crippen LogP contribution is -2.45. The van der Waals surface area contributed by atoms with Gasteiger partial charge in [0.25, 0.3) is 5.69 Å². The van der Waals surface area contributed by atoms with Gasteiger partial charge in [0.05, 0.1) is 4.92 Å². The van der Waals surface area contributed by atoms with Gasteiger partial charge in [-0.1, -0.05) is 18.2 Å². The van der Waals surface area contributed by atoms with Crippen molar-refractivity contribution in [2.45, 2.75) is 13.1 Å². The Balaban J connectivity index is 1.48. The van der Waals surface area contributed by atoms with Crippen LogP contribution in [0.2, 0.25) is 0 Å². The third-order valence-electron chi connectivity index (χ3n) is 3.98. The summed E-state index contributed by atoms with van der Waals surface area (Å²) in [5.41, 5.74) is 1.29. The molecule has 0 spiro atoms. The second-order valence-corrected chi connectivity index (χ2v) is 6.59. The number of hydrogen-bond acceptors (Lipinski definition) is 5. The quantitative estimate of drug-likeness (QED) is 0.628. The van der Waals surface area contributed by atoms with Crippen LogP contribution >= 0.6 is 11.3 Å². The number of nitrogens with zero attached hydrogens (tertiary/aromatic N) is 3. The molecule has 3 rings (SSSR count). The van der Waals surface area contributed by atoms with E-state index in [1.165, 1.54) is 4.88 Å². The number of rotatable bonds is 5. The highest BCUT2D eigenvalue weighted by molar-refractivity contribution is 7.09. The summed E-state index contributed by atoms with van der Waals surface area (Å²) in [6, 6.07) is 11.2. The summed E-state index contributed by atoms with van der Waals surface area (Å²) in [4.78, 5) is 16.6. The highest BCUT2D eigenvalue weighted by Gasteiger charge is 2.17. The molecule has 1 aromatic carbocycles. The van der Waals surface area contributed by atoms with Gasteiger partial charge in [-0.25, -0.2) is 0 Å². The molecule has 0 N–H and O–H groups in total. The molecule has 116 valence electrons. The van der Waals surface area contributed by atoms with Gasteiger partial charge in [0.1, 0.15) is 0 Å². The Bertz CT molecular complexity index is 605. The number of non-ortho nitro benzene ring substituents is 1. The van der Waals surface area contributed by atoms with Crippen molar-refractivity contribution in [3.8, 4) is 0 Å². The molecule has 5 nitrogen and oxygen atoms in total. The Morgan fingerprint density at radius 2 is 1.64 bits per heavy atom. The van der Waals surface area contributed by atoms with Crippen LogP contribution in [0.3, 0.4) is 0 Å². The molecule has 0 aliphatic carbocycles. The Hall–Kier alpha value is -1.76. The summed E-state index contributed by atoms with van der Waals surface area (Å²) in [6.45, 7) is 6.15. The van der Waals surface area contributed by atoms with Crippen LogP contribution in [0, 0.1) is 10.1 Å². The average molecular weight is 317 g/mol. The van der Waals surface area contributed by atoms with E-state index >= 15 is 0 Å². The number of hydrogen-bond donors (Lipinski definition) is 0. The van der Waals surface area contributed by atoms with Gasteiger partial charge in [-0.05, 0) is 17.0 Å². The monoisotopic (exact) mass is 317 g/mol. The van der Waals surface area contributed by atoms with E-state index in [2.05, 4.69) is 27.3 Å². The first kappa shape index (κ1) is 15.1. The molecule has 1 fully saturated rings. The Morgan fingerprint density at radius 3 is 2.18 bits per heavy atom. The molecule has 2 heterocycles.